The Morgan fingerprint density at radius 2 is 1.92 bits per heavy atom. The van der Waals surface area contributed by atoms with E-state index in [2.05, 4.69) is 0 Å². The van der Waals surface area contributed by atoms with Gasteiger partial charge in [0.25, 0.3) is 11.1 Å². The van der Waals surface area contributed by atoms with Crippen molar-refractivity contribution in [3.8, 4) is 11.5 Å². The van der Waals surface area contributed by atoms with Gasteiger partial charge in [-0.05, 0) is 53.7 Å². The number of hydrogen-bond acceptors (Lipinski definition) is 5. The molecule has 0 unspecified atom stereocenters. The van der Waals surface area contributed by atoms with Gasteiger partial charge in [0.1, 0.15) is 11.5 Å². The number of hydrogen-bond donors (Lipinski definition) is 1. The van der Waals surface area contributed by atoms with Gasteiger partial charge in [-0.25, -0.2) is 0 Å². The number of nitrogens with zero attached hydrogens (tertiary/aromatic N) is 1. The van der Waals surface area contributed by atoms with Crippen LogP contribution >= 0.6 is 23.4 Å². The van der Waals surface area contributed by atoms with Gasteiger partial charge in [-0.3, -0.25) is 14.5 Å². The van der Waals surface area contributed by atoms with Crippen LogP contribution in [0.5, 0.6) is 11.5 Å². The molecule has 1 aliphatic heterocycles. The summed E-state index contributed by atoms with van der Waals surface area (Å²) in [5.41, 5.74) is 1.22. The fourth-order valence-corrected chi connectivity index (χ4v) is 3.28. The third-order valence-electron chi connectivity index (χ3n) is 3.65. The highest BCUT2D eigenvalue weighted by molar-refractivity contribution is 8.18. The van der Waals surface area contributed by atoms with Crippen LogP contribution in [0.2, 0.25) is 5.02 Å². The van der Waals surface area contributed by atoms with E-state index in [9.17, 15) is 14.7 Å². The first-order valence-corrected chi connectivity index (χ1v) is 8.54. The van der Waals surface area contributed by atoms with Gasteiger partial charge in [0.2, 0.25) is 0 Å². The fraction of sp³-hybridized carbons (Fsp3) is 0.111. The molecule has 1 aliphatic rings. The molecule has 0 aliphatic carbocycles. The molecule has 0 spiro atoms. The van der Waals surface area contributed by atoms with Crippen molar-refractivity contribution in [3.05, 3.63) is 63.5 Å². The minimum Gasteiger partial charge on any atom is -0.507 e. The summed E-state index contributed by atoms with van der Waals surface area (Å²) < 4.78 is 5.11. The number of benzene rings is 2. The van der Waals surface area contributed by atoms with E-state index in [4.69, 9.17) is 16.3 Å². The average molecular weight is 376 g/mol. The Bertz CT molecular complexity index is 864. The van der Waals surface area contributed by atoms with E-state index in [1.807, 2.05) is 0 Å². The lowest BCUT2D eigenvalue weighted by atomic mass is 10.1. The van der Waals surface area contributed by atoms with Crippen LogP contribution < -0.4 is 4.74 Å². The van der Waals surface area contributed by atoms with Crippen molar-refractivity contribution in [3.63, 3.8) is 0 Å². The molecule has 1 heterocycles. The second kappa shape index (κ2) is 7.21. The highest BCUT2D eigenvalue weighted by atomic mass is 35.5. The lowest BCUT2D eigenvalue weighted by molar-refractivity contribution is -0.123. The number of ether oxygens (including phenoxy) is 1. The molecule has 128 valence electrons. The molecule has 0 aromatic heterocycles. The van der Waals surface area contributed by atoms with Gasteiger partial charge in [-0.15, -0.1) is 0 Å². The average Bonchev–Trinajstić information content (AvgIpc) is 2.86. The van der Waals surface area contributed by atoms with Crippen LogP contribution in [0.4, 0.5) is 4.79 Å². The lowest BCUT2D eigenvalue weighted by Crippen LogP contribution is -2.27. The van der Waals surface area contributed by atoms with Crippen molar-refractivity contribution in [2.24, 2.45) is 0 Å². The van der Waals surface area contributed by atoms with Crippen molar-refractivity contribution in [1.82, 2.24) is 4.90 Å². The zero-order valence-corrected chi connectivity index (χ0v) is 14.8. The molecule has 2 amide bonds. The topological polar surface area (TPSA) is 66.8 Å². The monoisotopic (exact) mass is 375 g/mol. The van der Waals surface area contributed by atoms with Gasteiger partial charge in [-0.2, -0.15) is 0 Å². The summed E-state index contributed by atoms with van der Waals surface area (Å²) in [6.45, 7) is 0.170. The molecular weight excluding hydrogens is 362 g/mol. The van der Waals surface area contributed by atoms with Crippen LogP contribution in [0.1, 0.15) is 11.1 Å². The summed E-state index contributed by atoms with van der Waals surface area (Å²) in [5, 5.41) is 10.2. The van der Waals surface area contributed by atoms with Gasteiger partial charge in [-0.1, -0.05) is 23.7 Å². The van der Waals surface area contributed by atoms with E-state index in [0.29, 0.717) is 16.3 Å². The second-order valence-electron chi connectivity index (χ2n) is 5.32. The largest absolute Gasteiger partial charge is 0.507 e. The standard InChI is InChI=1S/C18H14ClNO4S/c1-24-14-6-7-15(21)12(8-14)9-16-17(22)20(18(23)25-16)10-11-2-4-13(19)5-3-11/h2-9,21H,10H2,1H3/b16-9-. The normalized spacial score (nSPS) is 15.9. The first-order valence-electron chi connectivity index (χ1n) is 7.35. The van der Waals surface area contributed by atoms with E-state index in [0.717, 1.165) is 22.2 Å². The Balaban J connectivity index is 1.84. The maximum absolute atomic E-state index is 12.5. The molecule has 2 aromatic rings. The predicted molar refractivity (Wildman–Crippen MR) is 97.6 cm³/mol. The Labute approximate surface area is 153 Å². The first-order chi connectivity index (χ1) is 12.0. The number of phenolic OH excluding ortho intramolecular Hbond substituents is 1. The van der Waals surface area contributed by atoms with Gasteiger partial charge in [0.15, 0.2) is 0 Å². The first kappa shape index (κ1) is 17.4. The van der Waals surface area contributed by atoms with Crippen molar-refractivity contribution in [1.29, 1.82) is 0 Å². The van der Waals surface area contributed by atoms with Gasteiger partial charge >= 0.3 is 0 Å². The number of aromatic hydroxyl groups is 1. The van der Waals surface area contributed by atoms with Gasteiger partial charge in [0.05, 0.1) is 18.6 Å². The smallest absolute Gasteiger partial charge is 0.293 e. The molecule has 1 saturated heterocycles. The molecular formula is C18H14ClNO4S. The number of amides is 2. The molecule has 1 fully saturated rings. The van der Waals surface area contributed by atoms with Crippen LogP contribution in [-0.2, 0) is 11.3 Å². The van der Waals surface area contributed by atoms with E-state index in [1.165, 1.54) is 19.3 Å². The van der Waals surface area contributed by atoms with Crippen LogP contribution in [0.25, 0.3) is 6.08 Å². The van der Waals surface area contributed by atoms with Crippen LogP contribution in [0, 0.1) is 0 Å². The number of halogens is 1. The number of carbonyl (C=O) groups is 2. The quantitative estimate of drug-likeness (QED) is 0.807. The summed E-state index contributed by atoms with van der Waals surface area (Å²) >= 11 is 6.69. The van der Waals surface area contributed by atoms with E-state index < -0.39 is 5.91 Å². The molecule has 2 aromatic carbocycles. The van der Waals surface area contributed by atoms with Crippen molar-refractivity contribution < 1.29 is 19.4 Å². The van der Waals surface area contributed by atoms with Crippen molar-refractivity contribution >= 4 is 40.6 Å². The van der Waals surface area contributed by atoms with Crippen molar-refractivity contribution in [2.45, 2.75) is 6.54 Å². The molecule has 25 heavy (non-hydrogen) atoms. The van der Waals surface area contributed by atoms with Crippen LogP contribution in [-0.4, -0.2) is 28.3 Å². The Morgan fingerprint density at radius 1 is 1.20 bits per heavy atom. The van der Waals surface area contributed by atoms with E-state index >= 15 is 0 Å². The number of methoxy groups -OCH3 is 1. The highest BCUT2D eigenvalue weighted by Gasteiger charge is 2.35. The maximum atomic E-state index is 12.5. The Morgan fingerprint density at radius 3 is 2.60 bits per heavy atom. The predicted octanol–water partition coefficient (Wildman–Crippen LogP) is 4.29. The second-order valence-corrected chi connectivity index (χ2v) is 6.75. The van der Waals surface area contributed by atoms with E-state index in [-0.39, 0.29) is 22.4 Å². The molecule has 0 atom stereocenters. The summed E-state index contributed by atoms with van der Waals surface area (Å²) in [5.74, 6) is 0.155. The third kappa shape index (κ3) is 3.81. The molecule has 0 saturated carbocycles. The molecule has 7 heteroatoms. The molecule has 0 bridgehead atoms. The zero-order chi connectivity index (χ0) is 18.0. The maximum Gasteiger partial charge on any atom is 0.293 e. The fourth-order valence-electron chi connectivity index (χ4n) is 2.33. The Kier molecular flexibility index (Phi) is 5.01. The molecule has 0 radical (unpaired) electrons. The highest BCUT2D eigenvalue weighted by Crippen LogP contribution is 2.35. The number of phenols is 1. The minimum absolute atomic E-state index is 0.00491. The molecule has 5 nitrogen and oxygen atoms in total. The SMILES string of the molecule is COc1ccc(O)c(/C=C2\SC(=O)N(Cc3ccc(Cl)cc3)C2=O)c1. The summed E-state index contributed by atoms with van der Waals surface area (Å²) in [6, 6.07) is 11.6. The van der Waals surface area contributed by atoms with Crippen LogP contribution in [0.15, 0.2) is 47.4 Å². The Hall–Kier alpha value is -2.44. The zero-order valence-electron chi connectivity index (χ0n) is 13.2. The van der Waals surface area contributed by atoms with E-state index in [1.54, 1.807) is 36.4 Å². The molecule has 1 N–H and O–H groups in total. The number of carbonyl (C=O) groups excluding carboxylic acids is 2. The lowest BCUT2D eigenvalue weighted by Gasteiger charge is -2.12. The summed E-state index contributed by atoms with van der Waals surface area (Å²) in [4.78, 5) is 26.1. The summed E-state index contributed by atoms with van der Waals surface area (Å²) in [7, 11) is 1.51. The van der Waals surface area contributed by atoms with Gasteiger partial charge < -0.3 is 9.84 Å². The summed E-state index contributed by atoms with van der Waals surface area (Å²) in [6.07, 6.45) is 1.49. The van der Waals surface area contributed by atoms with Gasteiger partial charge in [0, 0.05) is 10.6 Å². The number of rotatable bonds is 4. The minimum atomic E-state index is -0.396. The number of thioether (sulfide) groups is 1. The third-order valence-corrected chi connectivity index (χ3v) is 4.81. The van der Waals surface area contributed by atoms with Crippen molar-refractivity contribution in [2.75, 3.05) is 7.11 Å². The molecule has 3 rings (SSSR count). The number of imide groups is 1. The van der Waals surface area contributed by atoms with Crippen LogP contribution in [0.3, 0.4) is 0 Å².